The average molecular weight is 417 g/mol. The van der Waals surface area contributed by atoms with Crippen LogP contribution >= 0.6 is 0 Å². The summed E-state index contributed by atoms with van der Waals surface area (Å²) >= 11 is 0. The van der Waals surface area contributed by atoms with Crippen LogP contribution in [0.5, 0.6) is 5.75 Å². The van der Waals surface area contributed by atoms with E-state index < -0.39 is 18.1 Å². The molecule has 0 radical (unpaired) electrons. The Labute approximate surface area is 180 Å². The fourth-order valence-electron chi connectivity index (χ4n) is 3.34. The normalized spacial score (nSPS) is 17.0. The second kappa shape index (κ2) is 8.99. The number of hydrogen-bond donors (Lipinski definition) is 1. The van der Waals surface area contributed by atoms with Gasteiger partial charge in [-0.05, 0) is 29.8 Å². The second-order valence-electron chi connectivity index (χ2n) is 7.13. The Balaban J connectivity index is 1.50. The predicted octanol–water partition coefficient (Wildman–Crippen LogP) is 2.90. The topological polar surface area (TPSA) is 88.4 Å². The lowest BCUT2D eigenvalue weighted by atomic mass is 10.1. The number of hydrogen-bond acceptors (Lipinski definition) is 5. The first-order valence-electron chi connectivity index (χ1n) is 9.87. The number of epoxide rings is 1. The highest BCUT2D eigenvalue weighted by Gasteiger charge is 2.53. The first kappa shape index (κ1) is 20.6. The summed E-state index contributed by atoms with van der Waals surface area (Å²) in [6.07, 6.45) is -1.81. The van der Waals surface area contributed by atoms with Gasteiger partial charge >= 0.3 is 0 Å². The third kappa shape index (κ3) is 4.58. The van der Waals surface area contributed by atoms with Crippen molar-refractivity contribution < 1.29 is 19.1 Å². The standard InChI is InChI=1S/C24H23N3O4/c1-30-20-14-8-13-19(15-20)27(25)24(29)22-21(31-22)23(28)26(18-11-6-3-7-12-18)16-17-9-4-2-5-10-17/h2-15,21-22H,16,25H2,1H3/t21-,22-/m0/s1. The number of nitrogens with zero attached hydrogens (tertiary/aromatic N) is 2. The zero-order valence-electron chi connectivity index (χ0n) is 17.0. The molecule has 7 nitrogen and oxygen atoms in total. The Morgan fingerprint density at radius 2 is 1.48 bits per heavy atom. The van der Waals surface area contributed by atoms with Crippen LogP contribution in [0.4, 0.5) is 11.4 Å². The van der Waals surface area contributed by atoms with E-state index in [9.17, 15) is 9.59 Å². The number of carbonyl (C=O) groups is 2. The minimum absolute atomic E-state index is 0.285. The van der Waals surface area contributed by atoms with Gasteiger partial charge in [0.1, 0.15) is 5.75 Å². The van der Waals surface area contributed by atoms with Gasteiger partial charge in [0.2, 0.25) is 0 Å². The fourth-order valence-corrected chi connectivity index (χ4v) is 3.34. The van der Waals surface area contributed by atoms with Crippen molar-refractivity contribution in [1.82, 2.24) is 0 Å². The van der Waals surface area contributed by atoms with Crippen molar-refractivity contribution in [2.75, 3.05) is 17.0 Å². The zero-order valence-corrected chi connectivity index (χ0v) is 17.0. The van der Waals surface area contributed by atoms with E-state index in [1.165, 1.54) is 7.11 Å². The number of amides is 2. The summed E-state index contributed by atoms with van der Waals surface area (Å²) in [6.45, 7) is 0.368. The van der Waals surface area contributed by atoms with Crippen molar-refractivity contribution in [3.8, 4) is 5.75 Å². The van der Waals surface area contributed by atoms with E-state index in [4.69, 9.17) is 15.3 Å². The van der Waals surface area contributed by atoms with E-state index in [1.54, 1.807) is 29.2 Å². The summed E-state index contributed by atoms with van der Waals surface area (Å²) in [5, 5.41) is 0.991. The number of hydrazine groups is 1. The quantitative estimate of drug-likeness (QED) is 0.276. The molecule has 1 saturated heterocycles. The first-order chi connectivity index (χ1) is 15.1. The van der Waals surface area contributed by atoms with Crippen LogP contribution in [0.25, 0.3) is 0 Å². The van der Waals surface area contributed by atoms with E-state index >= 15 is 0 Å². The zero-order chi connectivity index (χ0) is 21.8. The van der Waals surface area contributed by atoms with Crippen LogP contribution in [0, 0.1) is 0 Å². The Bertz CT molecular complexity index is 1060. The van der Waals surface area contributed by atoms with Crippen molar-refractivity contribution in [1.29, 1.82) is 0 Å². The Morgan fingerprint density at radius 1 is 0.871 bits per heavy atom. The molecule has 2 amide bonds. The summed E-state index contributed by atoms with van der Waals surface area (Å²) < 4.78 is 10.7. The van der Waals surface area contributed by atoms with E-state index in [2.05, 4.69) is 0 Å². The summed E-state index contributed by atoms with van der Waals surface area (Å²) in [6, 6.07) is 25.8. The highest BCUT2D eigenvalue weighted by atomic mass is 16.6. The van der Waals surface area contributed by atoms with Crippen molar-refractivity contribution in [3.63, 3.8) is 0 Å². The highest BCUT2D eigenvalue weighted by molar-refractivity contribution is 6.06. The van der Waals surface area contributed by atoms with Crippen molar-refractivity contribution in [2.45, 2.75) is 18.8 Å². The molecule has 3 aromatic carbocycles. The number of rotatable bonds is 7. The fraction of sp³-hybridized carbons (Fsp3) is 0.167. The van der Waals surface area contributed by atoms with E-state index in [-0.39, 0.29) is 5.91 Å². The number of carbonyl (C=O) groups excluding carboxylic acids is 2. The van der Waals surface area contributed by atoms with Gasteiger partial charge in [0.15, 0.2) is 12.2 Å². The molecular formula is C24H23N3O4. The molecule has 2 atom stereocenters. The molecule has 31 heavy (non-hydrogen) atoms. The Morgan fingerprint density at radius 3 is 2.16 bits per heavy atom. The molecular weight excluding hydrogens is 394 g/mol. The molecule has 0 bridgehead atoms. The van der Waals surface area contributed by atoms with Crippen LogP contribution in [-0.2, 0) is 20.9 Å². The third-order valence-corrected chi connectivity index (χ3v) is 5.06. The van der Waals surface area contributed by atoms with Crippen LogP contribution in [0.3, 0.4) is 0 Å². The minimum atomic E-state index is -0.925. The second-order valence-corrected chi connectivity index (χ2v) is 7.13. The number of methoxy groups -OCH3 is 1. The predicted molar refractivity (Wildman–Crippen MR) is 117 cm³/mol. The third-order valence-electron chi connectivity index (χ3n) is 5.06. The average Bonchev–Trinajstić information content (AvgIpc) is 3.63. The highest BCUT2D eigenvalue weighted by Crippen LogP contribution is 2.31. The summed E-state index contributed by atoms with van der Waals surface area (Å²) in [5.74, 6) is 5.80. The van der Waals surface area contributed by atoms with Gasteiger partial charge in [-0.15, -0.1) is 0 Å². The van der Waals surface area contributed by atoms with Gasteiger partial charge in [0.25, 0.3) is 11.8 Å². The molecule has 158 valence electrons. The lowest BCUT2D eigenvalue weighted by molar-refractivity contribution is -0.121. The molecule has 0 aliphatic carbocycles. The summed E-state index contributed by atoms with van der Waals surface area (Å²) in [4.78, 5) is 27.7. The largest absolute Gasteiger partial charge is 0.497 e. The molecule has 1 aliphatic rings. The first-order valence-corrected chi connectivity index (χ1v) is 9.87. The minimum Gasteiger partial charge on any atom is -0.497 e. The van der Waals surface area contributed by atoms with Gasteiger partial charge in [0.05, 0.1) is 19.3 Å². The number of para-hydroxylation sites is 1. The lowest BCUT2D eigenvalue weighted by Gasteiger charge is -2.22. The Kier molecular flexibility index (Phi) is 5.97. The van der Waals surface area contributed by atoms with Gasteiger partial charge in [-0.1, -0.05) is 54.6 Å². The van der Waals surface area contributed by atoms with Crippen molar-refractivity contribution in [2.24, 2.45) is 5.84 Å². The van der Waals surface area contributed by atoms with Gasteiger partial charge < -0.3 is 14.4 Å². The van der Waals surface area contributed by atoms with Gasteiger partial charge in [-0.2, -0.15) is 0 Å². The molecule has 4 rings (SSSR count). The molecule has 0 aromatic heterocycles. The molecule has 0 spiro atoms. The number of anilines is 2. The maximum atomic E-state index is 13.3. The maximum Gasteiger partial charge on any atom is 0.273 e. The number of nitrogens with two attached hydrogens (primary N) is 1. The molecule has 1 aliphatic heterocycles. The van der Waals surface area contributed by atoms with Crippen molar-refractivity contribution >= 4 is 23.2 Å². The monoisotopic (exact) mass is 417 g/mol. The van der Waals surface area contributed by atoms with E-state index in [0.717, 1.165) is 16.3 Å². The van der Waals surface area contributed by atoms with Crippen molar-refractivity contribution in [3.05, 3.63) is 90.5 Å². The molecule has 0 unspecified atom stereocenters. The number of benzene rings is 3. The van der Waals surface area contributed by atoms with Crippen LogP contribution in [-0.4, -0.2) is 31.1 Å². The van der Waals surface area contributed by atoms with Crippen LogP contribution in [0.1, 0.15) is 5.56 Å². The van der Waals surface area contributed by atoms with Crippen LogP contribution < -0.4 is 20.5 Å². The molecule has 2 N–H and O–H groups in total. The van der Waals surface area contributed by atoms with Gasteiger partial charge in [-0.3, -0.25) is 9.59 Å². The Hall–Kier alpha value is -3.68. The van der Waals surface area contributed by atoms with Crippen LogP contribution in [0.15, 0.2) is 84.9 Å². The van der Waals surface area contributed by atoms with Crippen LogP contribution in [0.2, 0.25) is 0 Å². The van der Waals surface area contributed by atoms with E-state index in [1.807, 2.05) is 60.7 Å². The smallest absolute Gasteiger partial charge is 0.273 e. The van der Waals surface area contributed by atoms with E-state index in [0.29, 0.717) is 18.0 Å². The molecule has 1 heterocycles. The van der Waals surface area contributed by atoms with Gasteiger partial charge in [0, 0.05) is 11.8 Å². The lowest BCUT2D eigenvalue weighted by Crippen LogP contribution is -2.43. The number of ether oxygens (including phenoxy) is 2. The molecule has 7 heteroatoms. The summed E-state index contributed by atoms with van der Waals surface area (Å²) in [5.41, 5.74) is 2.16. The SMILES string of the molecule is COc1cccc(N(N)C(=O)[C@H]2O[C@@H]2C(=O)N(Cc2ccccc2)c2ccccc2)c1. The molecule has 0 saturated carbocycles. The molecule has 3 aromatic rings. The maximum absolute atomic E-state index is 13.3. The molecule has 1 fully saturated rings. The summed E-state index contributed by atoms with van der Waals surface area (Å²) in [7, 11) is 1.53. The van der Waals surface area contributed by atoms with Gasteiger partial charge in [-0.25, -0.2) is 10.9 Å².